The Hall–Kier alpha value is -2.52. The molecule has 132 valence electrons. The van der Waals surface area contributed by atoms with Crippen LogP contribution in [0.15, 0.2) is 61.7 Å². The largest absolute Gasteiger partial charge is 0.508 e. The zero-order chi connectivity index (χ0) is 18.2. The van der Waals surface area contributed by atoms with Crippen LogP contribution < -0.4 is 4.74 Å². The fraction of sp³-hybridized carbons (Fsp3) is 0.273. The summed E-state index contributed by atoms with van der Waals surface area (Å²) >= 11 is 0. The summed E-state index contributed by atoms with van der Waals surface area (Å²) in [6.45, 7) is 9.43. The summed E-state index contributed by atoms with van der Waals surface area (Å²) in [5.74, 6) is 1.13. The predicted octanol–water partition coefficient (Wildman–Crippen LogP) is 4.81. The van der Waals surface area contributed by atoms with Crippen molar-refractivity contribution in [2.24, 2.45) is 0 Å². The third-order valence-electron chi connectivity index (χ3n) is 4.03. The first-order valence-corrected chi connectivity index (χ1v) is 8.41. The van der Waals surface area contributed by atoms with Crippen LogP contribution in [0.5, 0.6) is 11.5 Å². The minimum atomic E-state index is -0.298. The van der Waals surface area contributed by atoms with Gasteiger partial charge in [0.15, 0.2) is 6.29 Å². The molecule has 0 aromatic heterocycles. The molecule has 3 nitrogen and oxygen atoms in total. The second-order valence-corrected chi connectivity index (χ2v) is 5.99. The number of methoxy groups -OCH3 is 1. The van der Waals surface area contributed by atoms with E-state index in [1.807, 2.05) is 31.2 Å². The van der Waals surface area contributed by atoms with Gasteiger partial charge in [-0.05, 0) is 60.6 Å². The van der Waals surface area contributed by atoms with Crippen LogP contribution in [0, 0.1) is 0 Å². The van der Waals surface area contributed by atoms with Crippen LogP contribution in [0.25, 0.3) is 0 Å². The van der Waals surface area contributed by atoms with Crippen LogP contribution in [0.3, 0.4) is 0 Å². The minimum absolute atomic E-state index is 0.298. The van der Waals surface area contributed by atoms with Crippen molar-refractivity contribution in [2.75, 3.05) is 7.11 Å². The number of rotatable bonds is 9. The standard InChI is InChI=1S/C22H26O3/c1-5-7-19-14-17(9-11-21(19)23)13-18-10-12-22(25-16(3)24-4)20(15-18)8-6-2/h5-6,9-12,14-16,23H,1-2,7-8,13H2,3-4H3. The monoisotopic (exact) mass is 338 g/mol. The van der Waals surface area contributed by atoms with E-state index < -0.39 is 0 Å². The van der Waals surface area contributed by atoms with Gasteiger partial charge in [-0.15, -0.1) is 13.2 Å². The van der Waals surface area contributed by atoms with Crippen molar-refractivity contribution in [3.8, 4) is 11.5 Å². The van der Waals surface area contributed by atoms with E-state index in [1.165, 1.54) is 5.56 Å². The fourth-order valence-corrected chi connectivity index (χ4v) is 2.70. The van der Waals surface area contributed by atoms with Crippen molar-refractivity contribution in [2.45, 2.75) is 32.5 Å². The molecule has 0 bridgehead atoms. The fourth-order valence-electron chi connectivity index (χ4n) is 2.70. The van der Waals surface area contributed by atoms with Crippen molar-refractivity contribution >= 4 is 0 Å². The van der Waals surface area contributed by atoms with Crippen molar-refractivity contribution in [1.29, 1.82) is 0 Å². The summed E-state index contributed by atoms with van der Waals surface area (Å²) in [5, 5.41) is 9.90. The minimum Gasteiger partial charge on any atom is -0.508 e. The van der Waals surface area contributed by atoms with Crippen molar-refractivity contribution in [3.63, 3.8) is 0 Å². The molecule has 0 spiro atoms. The molecule has 0 amide bonds. The number of phenolic OH excluding ortho intramolecular Hbond substituents is 1. The molecule has 0 aliphatic carbocycles. The van der Waals surface area contributed by atoms with Gasteiger partial charge in [0.2, 0.25) is 0 Å². The Morgan fingerprint density at radius 3 is 2.24 bits per heavy atom. The Labute approximate surface area is 150 Å². The average Bonchev–Trinajstić information content (AvgIpc) is 2.60. The quantitative estimate of drug-likeness (QED) is 0.527. The van der Waals surface area contributed by atoms with E-state index in [-0.39, 0.29) is 6.29 Å². The lowest BCUT2D eigenvalue weighted by Gasteiger charge is -2.16. The zero-order valence-electron chi connectivity index (χ0n) is 15.0. The van der Waals surface area contributed by atoms with Crippen LogP contribution in [-0.4, -0.2) is 18.5 Å². The van der Waals surface area contributed by atoms with E-state index in [9.17, 15) is 5.11 Å². The van der Waals surface area contributed by atoms with Gasteiger partial charge in [-0.2, -0.15) is 0 Å². The molecule has 0 heterocycles. The molecular weight excluding hydrogens is 312 g/mol. The van der Waals surface area contributed by atoms with Gasteiger partial charge in [0.1, 0.15) is 11.5 Å². The zero-order valence-corrected chi connectivity index (χ0v) is 15.0. The molecule has 2 rings (SSSR count). The Kier molecular flexibility index (Phi) is 6.84. The molecule has 3 heteroatoms. The van der Waals surface area contributed by atoms with E-state index in [1.54, 1.807) is 19.3 Å². The van der Waals surface area contributed by atoms with Gasteiger partial charge in [0.05, 0.1) is 0 Å². The van der Waals surface area contributed by atoms with E-state index in [0.717, 1.165) is 35.3 Å². The Morgan fingerprint density at radius 2 is 1.60 bits per heavy atom. The van der Waals surface area contributed by atoms with Crippen LogP contribution in [0.4, 0.5) is 0 Å². The summed E-state index contributed by atoms with van der Waals surface area (Å²) in [6, 6.07) is 11.9. The number of hydrogen-bond acceptors (Lipinski definition) is 3. The number of aromatic hydroxyl groups is 1. The molecule has 0 saturated heterocycles. The molecule has 0 fully saturated rings. The lowest BCUT2D eigenvalue weighted by molar-refractivity contribution is -0.0387. The number of allylic oxidation sites excluding steroid dienone is 2. The van der Waals surface area contributed by atoms with E-state index >= 15 is 0 Å². The van der Waals surface area contributed by atoms with Gasteiger partial charge in [0.25, 0.3) is 0 Å². The summed E-state index contributed by atoms with van der Waals surface area (Å²) < 4.78 is 11.0. The van der Waals surface area contributed by atoms with E-state index in [0.29, 0.717) is 12.2 Å². The summed E-state index contributed by atoms with van der Waals surface area (Å²) in [5.41, 5.74) is 4.32. The highest BCUT2D eigenvalue weighted by atomic mass is 16.7. The Balaban J connectivity index is 2.24. The van der Waals surface area contributed by atoms with Gasteiger partial charge in [-0.25, -0.2) is 0 Å². The first kappa shape index (κ1) is 18.8. The van der Waals surface area contributed by atoms with Crippen LogP contribution in [0.1, 0.15) is 29.2 Å². The molecule has 1 N–H and O–H groups in total. The third kappa shape index (κ3) is 5.23. The summed E-state index contributed by atoms with van der Waals surface area (Å²) in [4.78, 5) is 0. The first-order valence-electron chi connectivity index (χ1n) is 8.41. The van der Waals surface area contributed by atoms with Gasteiger partial charge < -0.3 is 14.6 Å². The maximum atomic E-state index is 9.90. The summed E-state index contributed by atoms with van der Waals surface area (Å²) in [7, 11) is 1.62. The lowest BCUT2D eigenvalue weighted by atomic mass is 9.98. The maximum absolute atomic E-state index is 9.90. The topological polar surface area (TPSA) is 38.7 Å². The second-order valence-electron chi connectivity index (χ2n) is 5.99. The van der Waals surface area contributed by atoms with Crippen molar-refractivity contribution in [3.05, 3.63) is 84.0 Å². The van der Waals surface area contributed by atoms with Gasteiger partial charge in [0, 0.05) is 7.11 Å². The SMILES string of the molecule is C=CCc1cc(Cc2ccc(OC(C)OC)c(CC=C)c2)ccc1O. The number of phenols is 1. The highest BCUT2D eigenvalue weighted by Crippen LogP contribution is 2.25. The van der Waals surface area contributed by atoms with Crippen molar-refractivity contribution in [1.82, 2.24) is 0 Å². The highest BCUT2D eigenvalue weighted by molar-refractivity contribution is 5.43. The molecule has 0 aliphatic heterocycles. The Bertz CT molecular complexity index is 734. The smallest absolute Gasteiger partial charge is 0.196 e. The predicted molar refractivity (Wildman–Crippen MR) is 102 cm³/mol. The number of ether oxygens (including phenoxy) is 2. The molecule has 25 heavy (non-hydrogen) atoms. The molecule has 1 unspecified atom stereocenters. The first-order chi connectivity index (χ1) is 12.1. The third-order valence-corrected chi connectivity index (χ3v) is 4.03. The molecule has 0 saturated carbocycles. The van der Waals surface area contributed by atoms with E-state index in [2.05, 4.69) is 25.3 Å². The molecule has 1 atom stereocenters. The van der Waals surface area contributed by atoms with Crippen molar-refractivity contribution < 1.29 is 14.6 Å². The summed E-state index contributed by atoms with van der Waals surface area (Å²) in [6.07, 6.45) is 5.54. The molecule has 2 aromatic rings. The van der Waals surface area contributed by atoms with Crippen LogP contribution >= 0.6 is 0 Å². The van der Waals surface area contributed by atoms with Gasteiger partial charge in [-0.1, -0.05) is 36.4 Å². The van der Waals surface area contributed by atoms with Gasteiger partial charge in [-0.3, -0.25) is 0 Å². The lowest BCUT2D eigenvalue weighted by Crippen LogP contribution is -2.14. The second kappa shape index (κ2) is 9.09. The molecule has 0 radical (unpaired) electrons. The van der Waals surface area contributed by atoms with Crippen LogP contribution in [-0.2, 0) is 24.0 Å². The normalized spacial score (nSPS) is 11.8. The van der Waals surface area contributed by atoms with E-state index in [4.69, 9.17) is 9.47 Å². The molecular formula is C22H26O3. The average molecular weight is 338 g/mol. The number of hydrogen-bond donors (Lipinski definition) is 1. The Morgan fingerprint density at radius 1 is 1.00 bits per heavy atom. The maximum Gasteiger partial charge on any atom is 0.196 e. The molecule has 0 aliphatic rings. The highest BCUT2D eigenvalue weighted by Gasteiger charge is 2.09. The van der Waals surface area contributed by atoms with Crippen LogP contribution in [0.2, 0.25) is 0 Å². The number of benzene rings is 2. The molecule has 2 aromatic carbocycles. The van der Waals surface area contributed by atoms with Gasteiger partial charge >= 0.3 is 0 Å².